The van der Waals surface area contributed by atoms with Gasteiger partial charge in [0.15, 0.2) is 5.69 Å². The predicted molar refractivity (Wildman–Crippen MR) is 84.6 cm³/mol. The molecule has 2 aromatic rings. The molecule has 0 radical (unpaired) electrons. The van der Waals surface area contributed by atoms with E-state index in [1.54, 1.807) is 18.2 Å². The van der Waals surface area contributed by atoms with Crippen LogP contribution in [0.1, 0.15) is 35.9 Å². The number of carbonyl (C=O) groups excluding carboxylic acids is 2. The van der Waals surface area contributed by atoms with Crippen molar-refractivity contribution >= 4 is 17.7 Å². The number of unbranched alkanes of at least 4 members (excludes halogenated alkanes) is 1. The molecule has 0 saturated carbocycles. The minimum Gasteiger partial charge on any atom is -0.449 e. The molecule has 26 heavy (non-hydrogen) atoms. The summed E-state index contributed by atoms with van der Waals surface area (Å²) >= 11 is 0. The molecule has 2 rings (SSSR count). The first-order chi connectivity index (χ1) is 12.5. The zero-order valence-corrected chi connectivity index (χ0v) is 13.9. The van der Waals surface area contributed by atoms with Crippen LogP contribution in [0.2, 0.25) is 0 Å². The molecule has 140 valence electrons. The second-order valence-corrected chi connectivity index (χ2v) is 5.08. The van der Waals surface area contributed by atoms with E-state index in [2.05, 4.69) is 19.7 Å². The Bertz CT molecular complexity index is 724. The first kappa shape index (κ1) is 19.4. The van der Waals surface area contributed by atoms with Crippen molar-refractivity contribution in [2.75, 3.05) is 11.5 Å². The second kappa shape index (κ2) is 9.56. The summed E-state index contributed by atoms with van der Waals surface area (Å²) in [7, 11) is 0. The van der Waals surface area contributed by atoms with Crippen molar-refractivity contribution in [1.82, 2.24) is 10.3 Å². The van der Waals surface area contributed by atoms with Gasteiger partial charge in [0.25, 0.3) is 5.91 Å². The third-order valence-corrected chi connectivity index (χ3v) is 3.23. The molecule has 1 aromatic carbocycles. The summed E-state index contributed by atoms with van der Waals surface area (Å²) in [6, 6.07) is 7.98. The molecule has 2 amide bonds. The number of alkyl halides is 2. The monoisotopic (exact) mass is 369 g/mol. The van der Waals surface area contributed by atoms with Gasteiger partial charge in [-0.15, -0.1) is 0 Å². The Balaban J connectivity index is 2.26. The lowest BCUT2D eigenvalue weighted by Gasteiger charge is -2.19. The zero-order valence-electron chi connectivity index (χ0n) is 13.9. The topological polar surface area (TPSA) is 94.8 Å². The minimum atomic E-state index is -3.06. The molecule has 0 aliphatic carbocycles. The Morgan fingerprint density at radius 2 is 1.96 bits per heavy atom. The average molecular weight is 369 g/mol. The highest BCUT2D eigenvalue weighted by Crippen LogP contribution is 2.19. The third kappa shape index (κ3) is 5.06. The summed E-state index contributed by atoms with van der Waals surface area (Å²) in [5, 5.41) is 6.79. The van der Waals surface area contributed by atoms with Crippen molar-refractivity contribution in [3.63, 3.8) is 0 Å². The van der Waals surface area contributed by atoms with E-state index in [1.807, 2.05) is 6.92 Å². The highest BCUT2D eigenvalue weighted by molar-refractivity contribution is 6.18. The fourth-order valence-electron chi connectivity index (χ4n) is 1.96. The van der Waals surface area contributed by atoms with Crippen LogP contribution in [0.15, 0.2) is 35.0 Å². The molecule has 8 nitrogen and oxygen atoms in total. The number of para-hydroxylation sites is 1. The van der Waals surface area contributed by atoms with Gasteiger partial charge in [0.05, 0.1) is 12.3 Å². The number of halogens is 2. The van der Waals surface area contributed by atoms with Crippen molar-refractivity contribution in [3.05, 3.63) is 41.7 Å². The SMILES string of the molecule is CCCCOC(=O)N(C(=O)c1nonc1COC(F)F)c1ccccc1. The molecule has 0 spiro atoms. The molecule has 0 N–H and O–H groups in total. The van der Waals surface area contributed by atoms with E-state index < -0.39 is 30.9 Å². The lowest BCUT2D eigenvalue weighted by Crippen LogP contribution is -2.38. The van der Waals surface area contributed by atoms with Crippen molar-refractivity contribution in [1.29, 1.82) is 0 Å². The van der Waals surface area contributed by atoms with Crippen LogP contribution in [0.25, 0.3) is 0 Å². The van der Waals surface area contributed by atoms with Crippen LogP contribution in [0, 0.1) is 0 Å². The maximum atomic E-state index is 12.8. The normalized spacial score (nSPS) is 10.8. The second-order valence-electron chi connectivity index (χ2n) is 5.08. The number of aromatic nitrogens is 2. The van der Waals surface area contributed by atoms with Crippen LogP contribution >= 0.6 is 0 Å². The van der Waals surface area contributed by atoms with Gasteiger partial charge >= 0.3 is 12.7 Å². The molecule has 0 aliphatic heterocycles. The average Bonchev–Trinajstić information content (AvgIpc) is 3.10. The first-order valence-corrected chi connectivity index (χ1v) is 7.82. The molecule has 1 aromatic heterocycles. The highest BCUT2D eigenvalue weighted by Gasteiger charge is 2.31. The highest BCUT2D eigenvalue weighted by atomic mass is 19.3. The van der Waals surface area contributed by atoms with E-state index in [1.165, 1.54) is 12.1 Å². The summed E-state index contributed by atoms with van der Waals surface area (Å²) in [5.74, 6) is -0.924. The van der Waals surface area contributed by atoms with Gasteiger partial charge in [-0.25, -0.2) is 14.3 Å². The maximum absolute atomic E-state index is 12.8. The molecular weight excluding hydrogens is 352 g/mol. The molecular formula is C16H17F2N3O5. The minimum absolute atomic E-state index is 0.129. The van der Waals surface area contributed by atoms with Crippen LogP contribution < -0.4 is 4.90 Å². The van der Waals surface area contributed by atoms with E-state index in [4.69, 9.17) is 4.74 Å². The third-order valence-electron chi connectivity index (χ3n) is 3.23. The number of carbonyl (C=O) groups is 2. The molecule has 10 heteroatoms. The Kier molecular flexibility index (Phi) is 7.15. The van der Waals surface area contributed by atoms with Gasteiger partial charge in [-0.05, 0) is 23.7 Å². The van der Waals surface area contributed by atoms with Crippen LogP contribution in [0.5, 0.6) is 0 Å². The number of nitrogens with zero attached hydrogens (tertiary/aromatic N) is 3. The maximum Gasteiger partial charge on any atom is 0.421 e. The Morgan fingerprint density at radius 3 is 2.62 bits per heavy atom. The standard InChI is InChI=1S/C16H17F2N3O5/c1-2-3-9-24-16(23)21(11-7-5-4-6-8-11)14(22)13-12(19-26-20-13)10-25-15(17)18/h4-8,15H,2-3,9-10H2,1H3. The summed E-state index contributed by atoms with van der Waals surface area (Å²) in [5.41, 5.74) is -0.442. The van der Waals surface area contributed by atoms with Crippen LogP contribution in [-0.4, -0.2) is 35.5 Å². The number of hydrogen-bond donors (Lipinski definition) is 0. The molecule has 0 bridgehead atoms. The fraction of sp³-hybridized carbons (Fsp3) is 0.375. The van der Waals surface area contributed by atoms with Gasteiger partial charge in [-0.2, -0.15) is 8.78 Å². The van der Waals surface area contributed by atoms with E-state index in [-0.39, 0.29) is 18.0 Å². The molecule has 0 unspecified atom stereocenters. The molecule has 0 fully saturated rings. The van der Waals surface area contributed by atoms with Crippen molar-refractivity contribution in [2.24, 2.45) is 0 Å². The van der Waals surface area contributed by atoms with E-state index in [0.29, 0.717) is 6.42 Å². The van der Waals surface area contributed by atoms with Gasteiger partial charge < -0.3 is 9.47 Å². The van der Waals surface area contributed by atoms with Crippen molar-refractivity contribution in [3.8, 4) is 0 Å². The number of rotatable bonds is 8. The number of amides is 2. The number of hydrogen-bond acceptors (Lipinski definition) is 7. The molecule has 0 saturated heterocycles. The Hall–Kier alpha value is -2.88. The first-order valence-electron chi connectivity index (χ1n) is 7.82. The summed E-state index contributed by atoms with van der Waals surface area (Å²) in [6.45, 7) is -1.70. The number of anilines is 1. The molecule has 0 atom stereocenters. The molecule has 0 aliphatic rings. The fourth-order valence-corrected chi connectivity index (χ4v) is 1.96. The number of benzene rings is 1. The zero-order chi connectivity index (χ0) is 18.9. The Labute approximate surface area is 147 Å². The summed E-state index contributed by atoms with van der Waals surface area (Å²) < 4.78 is 38.1. The van der Waals surface area contributed by atoms with E-state index in [9.17, 15) is 18.4 Å². The van der Waals surface area contributed by atoms with Crippen molar-refractivity contribution < 1.29 is 32.5 Å². The van der Waals surface area contributed by atoms with Crippen LogP contribution in [-0.2, 0) is 16.1 Å². The van der Waals surface area contributed by atoms with Crippen molar-refractivity contribution in [2.45, 2.75) is 33.0 Å². The number of ether oxygens (including phenoxy) is 2. The quantitative estimate of drug-likeness (QED) is 0.658. The largest absolute Gasteiger partial charge is 0.449 e. The van der Waals surface area contributed by atoms with Gasteiger partial charge in [0, 0.05) is 0 Å². The summed E-state index contributed by atoms with van der Waals surface area (Å²) in [4.78, 5) is 25.9. The van der Waals surface area contributed by atoms with Gasteiger partial charge in [-0.3, -0.25) is 4.79 Å². The lowest BCUT2D eigenvalue weighted by molar-refractivity contribution is -0.138. The van der Waals surface area contributed by atoms with Crippen LogP contribution in [0.4, 0.5) is 19.3 Å². The van der Waals surface area contributed by atoms with E-state index in [0.717, 1.165) is 11.3 Å². The lowest BCUT2D eigenvalue weighted by atomic mass is 10.2. The van der Waals surface area contributed by atoms with Crippen LogP contribution in [0.3, 0.4) is 0 Å². The predicted octanol–water partition coefficient (Wildman–Crippen LogP) is 3.39. The smallest absolute Gasteiger partial charge is 0.421 e. The number of imide groups is 1. The van der Waals surface area contributed by atoms with Gasteiger partial charge in [0.1, 0.15) is 12.3 Å². The molecule has 1 heterocycles. The summed E-state index contributed by atoms with van der Waals surface area (Å²) in [6.07, 6.45) is 0.509. The Morgan fingerprint density at radius 1 is 1.23 bits per heavy atom. The van der Waals surface area contributed by atoms with E-state index >= 15 is 0 Å². The van der Waals surface area contributed by atoms with Gasteiger partial charge in [-0.1, -0.05) is 36.7 Å². The van der Waals surface area contributed by atoms with Gasteiger partial charge in [0.2, 0.25) is 0 Å².